The molecule has 9 heteroatoms. The van der Waals surface area contributed by atoms with Gasteiger partial charge in [-0.2, -0.15) is 10.4 Å². The Morgan fingerprint density at radius 1 is 1.21 bits per heavy atom. The number of allylic oxidation sites excluding steroid dienone is 1. The minimum atomic E-state index is -1.07. The van der Waals surface area contributed by atoms with E-state index in [4.69, 9.17) is 30.5 Å². The molecule has 0 amide bonds. The van der Waals surface area contributed by atoms with E-state index >= 15 is 0 Å². The van der Waals surface area contributed by atoms with Gasteiger partial charge < -0.3 is 18.9 Å². The van der Waals surface area contributed by atoms with Crippen molar-refractivity contribution in [1.29, 1.82) is 5.26 Å². The van der Waals surface area contributed by atoms with Crippen molar-refractivity contribution in [3.05, 3.63) is 51.8 Å². The van der Waals surface area contributed by atoms with Crippen molar-refractivity contribution in [2.24, 2.45) is 7.05 Å². The standard InChI is InChI=1S/C24H30ClN3O5/c1-15-20(25)21(28(6)27-15)22(32-16(2)33-23(29)31-13-12-30-7)19(14-26)17-8-10-18(11-9-17)24(3,4)5/h8-11,16H,12-13H2,1-7H3/b22-19-. The molecule has 2 aromatic rings. The number of aromatic nitrogens is 2. The van der Waals surface area contributed by atoms with Crippen molar-refractivity contribution in [1.82, 2.24) is 9.78 Å². The first-order chi connectivity index (χ1) is 15.5. The predicted molar refractivity (Wildman–Crippen MR) is 125 cm³/mol. The number of ether oxygens (including phenoxy) is 4. The molecule has 1 heterocycles. The topological polar surface area (TPSA) is 95.6 Å². The molecule has 1 atom stereocenters. The van der Waals surface area contributed by atoms with Gasteiger partial charge in [0, 0.05) is 21.1 Å². The van der Waals surface area contributed by atoms with E-state index in [0.717, 1.165) is 5.56 Å². The Morgan fingerprint density at radius 3 is 2.33 bits per heavy atom. The highest BCUT2D eigenvalue weighted by molar-refractivity contribution is 6.33. The first kappa shape index (κ1) is 26.2. The minimum absolute atomic E-state index is 0.0393. The zero-order valence-corrected chi connectivity index (χ0v) is 20.8. The van der Waals surface area contributed by atoms with Crippen LogP contribution in [0.25, 0.3) is 11.3 Å². The third kappa shape index (κ3) is 6.73. The van der Waals surface area contributed by atoms with Gasteiger partial charge in [-0.3, -0.25) is 4.68 Å². The summed E-state index contributed by atoms with van der Waals surface area (Å²) in [6.45, 7) is 9.89. The summed E-state index contributed by atoms with van der Waals surface area (Å²) in [7, 11) is 3.19. The summed E-state index contributed by atoms with van der Waals surface area (Å²) in [6.07, 6.45) is -1.99. The SMILES string of the molecule is COCCOC(=O)OC(C)O/C(=C(/C#N)c1ccc(C(C)(C)C)cc1)c1c(Cl)c(C)nn1C. The Bertz CT molecular complexity index is 1050. The Morgan fingerprint density at radius 2 is 1.85 bits per heavy atom. The first-order valence-corrected chi connectivity index (χ1v) is 10.8. The lowest BCUT2D eigenvalue weighted by Gasteiger charge is -2.21. The number of nitrogens with zero attached hydrogens (tertiary/aromatic N) is 3. The van der Waals surface area contributed by atoms with Gasteiger partial charge in [-0.05, 0) is 23.5 Å². The van der Waals surface area contributed by atoms with Crippen molar-refractivity contribution in [2.45, 2.75) is 46.3 Å². The zero-order chi connectivity index (χ0) is 24.8. The van der Waals surface area contributed by atoms with Gasteiger partial charge in [-0.1, -0.05) is 56.6 Å². The van der Waals surface area contributed by atoms with Crippen LogP contribution in [-0.2, 0) is 31.4 Å². The van der Waals surface area contributed by atoms with Crippen LogP contribution in [-0.4, -0.2) is 42.5 Å². The van der Waals surface area contributed by atoms with Crippen LogP contribution in [0.1, 0.15) is 50.2 Å². The lowest BCUT2D eigenvalue weighted by atomic mass is 9.86. The minimum Gasteiger partial charge on any atom is -0.451 e. The molecule has 0 N–H and O–H groups in total. The third-order valence-electron chi connectivity index (χ3n) is 4.80. The highest BCUT2D eigenvalue weighted by Crippen LogP contribution is 2.34. The second kappa shape index (κ2) is 11.2. The van der Waals surface area contributed by atoms with Crippen molar-refractivity contribution in [3.8, 4) is 6.07 Å². The van der Waals surface area contributed by atoms with Crippen molar-refractivity contribution in [2.75, 3.05) is 20.3 Å². The average Bonchev–Trinajstić information content (AvgIpc) is 2.99. The van der Waals surface area contributed by atoms with E-state index in [1.165, 1.54) is 18.7 Å². The van der Waals surface area contributed by atoms with E-state index in [2.05, 4.69) is 31.9 Å². The van der Waals surface area contributed by atoms with Crippen LogP contribution in [0.2, 0.25) is 5.02 Å². The van der Waals surface area contributed by atoms with Crippen molar-refractivity contribution >= 4 is 29.1 Å². The highest BCUT2D eigenvalue weighted by atomic mass is 35.5. The Balaban J connectivity index is 2.48. The summed E-state index contributed by atoms with van der Waals surface area (Å²) >= 11 is 6.50. The molecular formula is C24H30ClN3O5. The van der Waals surface area contributed by atoms with Crippen molar-refractivity contribution < 1.29 is 23.7 Å². The van der Waals surface area contributed by atoms with Crippen LogP contribution in [0.5, 0.6) is 0 Å². The molecular weight excluding hydrogens is 446 g/mol. The van der Waals surface area contributed by atoms with Gasteiger partial charge in [0.2, 0.25) is 6.29 Å². The molecule has 1 aromatic carbocycles. The smallest absolute Gasteiger partial charge is 0.451 e. The van der Waals surface area contributed by atoms with Gasteiger partial charge in [-0.25, -0.2) is 4.79 Å². The number of hydrogen-bond donors (Lipinski definition) is 0. The molecule has 0 saturated heterocycles. The average molecular weight is 476 g/mol. The maximum atomic E-state index is 11.9. The zero-order valence-electron chi connectivity index (χ0n) is 20.1. The number of halogens is 1. The van der Waals surface area contributed by atoms with E-state index in [1.54, 1.807) is 14.0 Å². The molecule has 0 saturated carbocycles. The van der Waals surface area contributed by atoms with Gasteiger partial charge in [0.05, 0.1) is 17.3 Å². The molecule has 178 valence electrons. The quantitative estimate of drug-likeness (QED) is 0.169. The van der Waals surface area contributed by atoms with Gasteiger partial charge in [0.25, 0.3) is 0 Å². The van der Waals surface area contributed by atoms with E-state index in [1.807, 2.05) is 24.3 Å². The molecule has 0 aliphatic rings. The van der Waals surface area contributed by atoms with E-state index in [-0.39, 0.29) is 30.0 Å². The number of rotatable bonds is 8. The van der Waals surface area contributed by atoms with Crippen LogP contribution in [0.4, 0.5) is 4.79 Å². The molecule has 0 bridgehead atoms. The summed E-state index contributed by atoms with van der Waals surface area (Å²) in [6, 6.07) is 9.84. The lowest BCUT2D eigenvalue weighted by Crippen LogP contribution is -2.21. The second-order valence-corrected chi connectivity index (χ2v) is 8.79. The predicted octanol–water partition coefficient (Wildman–Crippen LogP) is 5.23. The van der Waals surface area contributed by atoms with E-state index < -0.39 is 12.4 Å². The fourth-order valence-electron chi connectivity index (χ4n) is 3.06. The number of nitriles is 1. The van der Waals surface area contributed by atoms with Gasteiger partial charge in [0.15, 0.2) is 5.76 Å². The van der Waals surface area contributed by atoms with E-state index in [9.17, 15) is 10.1 Å². The maximum absolute atomic E-state index is 11.9. The highest BCUT2D eigenvalue weighted by Gasteiger charge is 2.25. The largest absolute Gasteiger partial charge is 0.511 e. The molecule has 0 aliphatic carbocycles. The Hall–Kier alpha value is -3.02. The van der Waals surface area contributed by atoms with Crippen LogP contribution in [0, 0.1) is 18.3 Å². The normalized spacial score (nSPS) is 13.1. The second-order valence-electron chi connectivity index (χ2n) is 8.41. The number of carbonyl (C=O) groups excluding carboxylic acids is 1. The third-order valence-corrected chi connectivity index (χ3v) is 5.25. The summed E-state index contributed by atoms with van der Waals surface area (Å²) < 4.78 is 22.4. The van der Waals surface area contributed by atoms with Crippen LogP contribution < -0.4 is 0 Å². The lowest BCUT2D eigenvalue weighted by molar-refractivity contribution is -0.0700. The Labute approximate surface area is 199 Å². The first-order valence-electron chi connectivity index (χ1n) is 10.4. The molecule has 0 radical (unpaired) electrons. The van der Waals surface area contributed by atoms with Crippen molar-refractivity contribution in [3.63, 3.8) is 0 Å². The number of aryl methyl sites for hydroxylation is 2. The summed E-state index contributed by atoms with van der Waals surface area (Å²) in [5.74, 6) is 0.145. The van der Waals surface area contributed by atoms with Gasteiger partial charge >= 0.3 is 6.16 Å². The molecule has 1 aromatic heterocycles. The summed E-state index contributed by atoms with van der Waals surface area (Å²) in [5.41, 5.74) is 2.91. The molecule has 2 rings (SSSR count). The maximum Gasteiger partial charge on any atom is 0.511 e. The number of benzene rings is 1. The molecule has 0 aliphatic heterocycles. The van der Waals surface area contributed by atoms with Crippen LogP contribution >= 0.6 is 11.6 Å². The number of methoxy groups -OCH3 is 1. The molecule has 1 unspecified atom stereocenters. The molecule has 33 heavy (non-hydrogen) atoms. The molecule has 0 spiro atoms. The summed E-state index contributed by atoms with van der Waals surface area (Å²) in [4.78, 5) is 11.9. The fourth-order valence-corrected chi connectivity index (χ4v) is 3.31. The fraction of sp³-hybridized carbons (Fsp3) is 0.458. The van der Waals surface area contributed by atoms with Crippen LogP contribution in [0.3, 0.4) is 0 Å². The monoisotopic (exact) mass is 475 g/mol. The van der Waals surface area contributed by atoms with E-state index in [0.29, 0.717) is 22.0 Å². The number of hydrogen-bond acceptors (Lipinski definition) is 7. The Kier molecular flexibility index (Phi) is 8.91. The van der Waals surface area contributed by atoms with Crippen LogP contribution in [0.15, 0.2) is 24.3 Å². The molecule has 8 nitrogen and oxygen atoms in total. The number of carbonyl (C=O) groups is 1. The molecule has 0 fully saturated rings. The van der Waals surface area contributed by atoms with Gasteiger partial charge in [0.1, 0.15) is 23.9 Å². The van der Waals surface area contributed by atoms with Gasteiger partial charge in [-0.15, -0.1) is 0 Å². The summed E-state index contributed by atoms with van der Waals surface area (Å²) in [5, 5.41) is 14.7.